The maximum atomic E-state index is 13.6. The van der Waals surface area contributed by atoms with Crippen LogP contribution in [0.4, 0.5) is 11.4 Å². The van der Waals surface area contributed by atoms with Gasteiger partial charge in [0.2, 0.25) is 11.8 Å². The molecule has 6 aliphatic rings. The minimum atomic E-state index is 0.0804. The number of para-hydroxylation sites is 2. The van der Waals surface area contributed by atoms with Gasteiger partial charge < -0.3 is 10.6 Å². The van der Waals surface area contributed by atoms with E-state index in [2.05, 4.69) is 57.7 Å². The molecule has 0 aromatic heterocycles. The summed E-state index contributed by atoms with van der Waals surface area (Å²) in [6.45, 7) is 0. The molecule has 8 heteroatoms. The molecular weight excluding hydrogens is 549 g/mol. The van der Waals surface area contributed by atoms with Crippen LogP contribution in [0, 0.1) is 35.5 Å². The van der Waals surface area contributed by atoms with Gasteiger partial charge in [-0.2, -0.15) is 0 Å². The fourth-order valence-electron chi connectivity index (χ4n) is 8.82. The molecule has 4 aliphatic carbocycles. The van der Waals surface area contributed by atoms with Crippen molar-refractivity contribution < 1.29 is 9.59 Å². The molecule has 2 aliphatic heterocycles. The predicted octanol–water partition coefficient (Wildman–Crippen LogP) is 7.57. The number of hydrogen-bond acceptors (Lipinski definition) is 6. The first kappa shape index (κ1) is 26.5. The Morgan fingerprint density at radius 1 is 0.605 bits per heavy atom. The Morgan fingerprint density at radius 2 is 0.947 bits per heavy atom. The zero-order chi connectivity index (χ0) is 25.7. The van der Waals surface area contributed by atoms with E-state index in [1.54, 1.807) is 0 Å². The first-order valence-corrected chi connectivity index (χ1v) is 18.8. The molecule has 38 heavy (non-hydrogen) atoms. The normalized spacial score (nSPS) is 36.7. The quantitative estimate of drug-likeness (QED) is 0.378. The lowest BCUT2D eigenvalue weighted by Crippen LogP contribution is -2.49. The molecule has 2 amide bonds. The second-order valence-electron chi connectivity index (χ2n) is 12.3. The van der Waals surface area contributed by atoms with E-state index in [-0.39, 0.29) is 23.7 Å². The van der Waals surface area contributed by atoms with Gasteiger partial charge in [-0.05, 0) is 87.2 Å². The third-order valence-electron chi connectivity index (χ3n) is 10.4. The van der Waals surface area contributed by atoms with Crippen molar-refractivity contribution in [3.8, 4) is 0 Å². The van der Waals surface area contributed by atoms with Crippen LogP contribution in [-0.2, 0) is 9.59 Å². The first-order chi connectivity index (χ1) is 18.6. The molecule has 2 heterocycles. The number of carbonyl (C=O) groups is 2. The summed E-state index contributed by atoms with van der Waals surface area (Å²) in [5.74, 6) is 8.15. The zero-order valence-electron chi connectivity index (χ0n) is 22.1. The van der Waals surface area contributed by atoms with Gasteiger partial charge in [-0.25, -0.2) is 0 Å². The molecule has 2 N–H and O–H groups in total. The van der Waals surface area contributed by atoms with Crippen LogP contribution in [-0.4, -0.2) is 43.0 Å². The van der Waals surface area contributed by atoms with Crippen LogP contribution in [0.5, 0.6) is 0 Å². The number of anilines is 2. The predicted molar refractivity (Wildman–Crippen MR) is 166 cm³/mol. The minimum absolute atomic E-state index is 0.0804. The van der Waals surface area contributed by atoms with Gasteiger partial charge in [0, 0.05) is 34.8 Å². The van der Waals surface area contributed by atoms with Gasteiger partial charge >= 0.3 is 0 Å². The van der Waals surface area contributed by atoms with Crippen molar-refractivity contribution in [2.45, 2.75) is 72.4 Å². The molecule has 4 atom stereocenters. The Morgan fingerprint density at radius 3 is 1.29 bits per heavy atom. The summed E-state index contributed by atoms with van der Waals surface area (Å²) in [6.07, 6.45) is 11.8. The van der Waals surface area contributed by atoms with Gasteiger partial charge in [0.25, 0.3) is 0 Å². The maximum absolute atomic E-state index is 13.6. The fraction of sp³-hybridized carbons (Fsp3) is 0.733. The number of hydrogen-bond donors (Lipinski definition) is 2. The summed E-state index contributed by atoms with van der Waals surface area (Å²) in [5, 5.41) is 6.52. The summed E-state index contributed by atoms with van der Waals surface area (Å²) in [6, 6.07) is 7.84. The number of benzene rings is 1. The Balaban J connectivity index is 1.02. The van der Waals surface area contributed by atoms with Crippen LogP contribution in [0.3, 0.4) is 0 Å². The molecule has 7 rings (SSSR count). The van der Waals surface area contributed by atoms with E-state index in [0.29, 0.717) is 31.8 Å². The minimum Gasteiger partial charge on any atom is -0.324 e. The van der Waals surface area contributed by atoms with Gasteiger partial charge in [-0.1, -0.05) is 25.0 Å². The van der Waals surface area contributed by atoms with Crippen molar-refractivity contribution in [2.24, 2.45) is 35.5 Å². The molecule has 4 unspecified atom stereocenters. The summed E-state index contributed by atoms with van der Waals surface area (Å²) < 4.78 is 0.764. The van der Waals surface area contributed by atoms with Crippen LogP contribution in [0.25, 0.3) is 0 Å². The molecule has 4 nitrogen and oxygen atoms in total. The van der Waals surface area contributed by atoms with Crippen LogP contribution in [0.1, 0.15) is 64.2 Å². The Hall–Kier alpha value is -0.440. The lowest BCUT2D eigenvalue weighted by molar-refractivity contribution is -0.123. The third kappa shape index (κ3) is 4.56. The third-order valence-corrected chi connectivity index (χ3v) is 18.5. The molecular formula is C30H40N2O2S4. The summed E-state index contributed by atoms with van der Waals surface area (Å²) in [4.78, 5) is 27.2. The van der Waals surface area contributed by atoms with Crippen molar-refractivity contribution in [3.63, 3.8) is 0 Å². The smallest absolute Gasteiger partial charge is 0.227 e. The van der Waals surface area contributed by atoms with Crippen LogP contribution >= 0.6 is 47.0 Å². The summed E-state index contributed by atoms with van der Waals surface area (Å²) >= 11 is 8.77. The number of thioether (sulfide) groups is 4. The zero-order valence-corrected chi connectivity index (χ0v) is 25.4. The van der Waals surface area contributed by atoms with Crippen molar-refractivity contribution in [1.29, 1.82) is 0 Å². The monoisotopic (exact) mass is 588 g/mol. The fourth-order valence-corrected chi connectivity index (χ4v) is 16.7. The summed E-state index contributed by atoms with van der Waals surface area (Å²) in [7, 11) is 0. The summed E-state index contributed by atoms with van der Waals surface area (Å²) in [5.41, 5.74) is 1.52. The van der Waals surface area contributed by atoms with E-state index in [1.165, 1.54) is 61.5 Å². The van der Waals surface area contributed by atoms with E-state index < -0.39 is 0 Å². The van der Waals surface area contributed by atoms with Gasteiger partial charge in [0.15, 0.2) is 0 Å². The number of rotatable bonds is 4. The first-order valence-electron chi connectivity index (χ1n) is 14.8. The number of nitrogens with one attached hydrogen (secondary N) is 2. The highest BCUT2D eigenvalue weighted by Gasteiger charge is 2.56. The highest BCUT2D eigenvalue weighted by molar-refractivity contribution is 8.21. The lowest BCUT2D eigenvalue weighted by Gasteiger charge is -2.52. The Bertz CT molecular complexity index is 955. The SMILES string of the molecule is O=C(Nc1ccccc1NC(=O)C1CC2CCCC(C1)C21SCCS1)C1CC2CCCC(C1)C21SCCS1. The molecule has 2 spiro atoms. The van der Waals surface area contributed by atoms with E-state index in [0.717, 1.165) is 37.1 Å². The van der Waals surface area contributed by atoms with Gasteiger partial charge in [-0.15, -0.1) is 47.0 Å². The van der Waals surface area contributed by atoms with Crippen molar-refractivity contribution in [1.82, 2.24) is 0 Å². The molecule has 0 radical (unpaired) electrons. The van der Waals surface area contributed by atoms with Gasteiger partial charge in [-0.3, -0.25) is 9.59 Å². The van der Waals surface area contributed by atoms with Gasteiger partial charge in [0.1, 0.15) is 0 Å². The van der Waals surface area contributed by atoms with Crippen molar-refractivity contribution in [3.05, 3.63) is 24.3 Å². The standard InChI is InChI=1S/C30H40N2O2S4/c33-27(19-15-21-5-3-6-22(16-19)29(21)35-11-12-36-29)31-25-9-1-2-10-26(25)32-28(34)20-17-23-7-4-8-24(18-20)30(23)37-13-14-38-30/h1-2,9-10,19-24H,3-8,11-18H2,(H,31,33)(H,32,34). The largest absolute Gasteiger partial charge is 0.324 e. The van der Waals surface area contributed by atoms with Crippen LogP contribution < -0.4 is 10.6 Å². The van der Waals surface area contributed by atoms with Crippen molar-refractivity contribution in [2.75, 3.05) is 33.6 Å². The topological polar surface area (TPSA) is 58.2 Å². The van der Waals surface area contributed by atoms with Crippen molar-refractivity contribution >= 4 is 70.2 Å². The lowest BCUT2D eigenvalue weighted by atomic mass is 9.67. The average molecular weight is 589 g/mol. The Labute approximate surface area is 244 Å². The van der Waals surface area contributed by atoms with Gasteiger partial charge in [0.05, 0.1) is 19.5 Å². The van der Waals surface area contributed by atoms with E-state index in [1.807, 2.05) is 24.3 Å². The molecule has 4 bridgehead atoms. The molecule has 6 fully saturated rings. The average Bonchev–Trinajstić information content (AvgIpc) is 3.56. The van der Waals surface area contributed by atoms with E-state index >= 15 is 0 Å². The van der Waals surface area contributed by atoms with Crippen LogP contribution in [0.2, 0.25) is 0 Å². The molecule has 1 aromatic carbocycles. The van der Waals surface area contributed by atoms with E-state index in [9.17, 15) is 9.59 Å². The highest BCUT2D eigenvalue weighted by atomic mass is 32.2. The maximum Gasteiger partial charge on any atom is 0.227 e. The molecule has 206 valence electrons. The number of carbonyl (C=O) groups excluding carboxylic acids is 2. The molecule has 1 aromatic rings. The Kier molecular flexibility index (Phi) is 7.49. The number of amides is 2. The second-order valence-corrected chi connectivity index (χ2v) is 18.4. The van der Waals surface area contributed by atoms with E-state index in [4.69, 9.17) is 0 Å². The highest BCUT2D eigenvalue weighted by Crippen LogP contribution is 2.65. The molecule has 2 saturated heterocycles. The second kappa shape index (κ2) is 10.8. The molecule has 4 saturated carbocycles. The van der Waals surface area contributed by atoms with Crippen LogP contribution in [0.15, 0.2) is 24.3 Å².